The third-order valence-electron chi connectivity index (χ3n) is 8.26. The molecule has 0 unspecified atom stereocenters. The smallest absolute Gasteiger partial charge is 0.331 e. The number of benzene rings is 2. The quantitative estimate of drug-likeness (QED) is 0.135. The van der Waals surface area contributed by atoms with Crippen LogP contribution in [0.2, 0.25) is 0 Å². The summed E-state index contributed by atoms with van der Waals surface area (Å²) in [5.41, 5.74) is 2.76. The van der Waals surface area contributed by atoms with Crippen LogP contribution in [0.5, 0.6) is 11.5 Å². The first kappa shape index (κ1) is 28.6. The van der Waals surface area contributed by atoms with Gasteiger partial charge in [-0.3, -0.25) is 14.5 Å². The molecule has 4 aromatic rings. The molecule has 1 saturated carbocycles. The van der Waals surface area contributed by atoms with Crippen LogP contribution in [0.1, 0.15) is 40.9 Å². The van der Waals surface area contributed by atoms with E-state index in [2.05, 4.69) is 21.7 Å². The molecule has 1 saturated heterocycles. The maximum Gasteiger partial charge on any atom is 0.331 e. The highest BCUT2D eigenvalue weighted by atomic mass is 32.1. The molecule has 45 heavy (non-hydrogen) atoms. The number of nitrogens with one attached hydrogen (secondary N) is 2. The average molecular weight is 620 g/mol. The minimum Gasteiger partial charge on any atom is -0.457 e. The number of carbonyl (C=O) groups is 3. The number of nitrogens with zero attached hydrogens (tertiary/aromatic N) is 4. The number of piperidine rings is 1. The number of amides is 4. The van der Waals surface area contributed by atoms with Gasteiger partial charge in [0, 0.05) is 25.3 Å². The summed E-state index contributed by atoms with van der Waals surface area (Å²) in [5, 5.41) is 16.2. The Balaban J connectivity index is 1.12. The fraction of sp³-hybridized carbons (Fsp3) is 0.265. The number of para-hydroxylation sites is 1. The van der Waals surface area contributed by atoms with Gasteiger partial charge in [0.15, 0.2) is 0 Å². The van der Waals surface area contributed by atoms with E-state index in [1.165, 1.54) is 11.3 Å². The lowest BCUT2D eigenvalue weighted by Crippen LogP contribution is -2.50. The van der Waals surface area contributed by atoms with Crippen molar-refractivity contribution in [2.75, 3.05) is 23.3 Å². The first-order valence-electron chi connectivity index (χ1n) is 15.0. The molecule has 10 nitrogen and oxygen atoms in total. The summed E-state index contributed by atoms with van der Waals surface area (Å²) in [6, 6.07) is 18.2. The van der Waals surface area contributed by atoms with Gasteiger partial charge in [0.25, 0.3) is 11.8 Å². The molecule has 4 heterocycles. The highest BCUT2D eigenvalue weighted by Crippen LogP contribution is 2.46. The van der Waals surface area contributed by atoms with E-state index in [1.807, 2.05) is 55.5 Å². The Morgan fingerprint density at radius 1 is 1.11 bits per heavy atom. The Labute approximate surface area is 263 Å². The summed E-state index contributed by atoms with van der Waals surface area (Å²) < 4.78 is 5.98. The lowest BCUT2D eigenvalue weighted by atomic mass is 10.0. The van der Waals surface area contributed by atoms with Crippen LogP contribution in [0.3, 0.4) is 0 Å². The van der Waals surface area contributed by atoms with E-state index in [1.54, 1.807) is 28.1 Å². The van der Waals surface area contributed by atoms with Gasteiger partial charge in [-0.2, -0.15) is 5.26 Å². The fourth-order valence-corrected chi connectivity index (χ4v) is 6.93. The minimum absolute atomic E-state index is 0.179. The Hall–Kier alpha value is -5.21. The van der Waals surface area contributed by atoms with Crippen molar-refractivity contribution in [1.82, 2.24) is 15.2 Å². The molecule has 2 aliphatic heterocycles. The van der Waals surface area contributed by atoms with Crippen molar-refractivity contribution in [3.63, 3.8) is 0 Å². The molecule has 2 N–H and O–H groups in total. The van der Waals surface area contributed by atoms with Gasteiger partial charge in [0.05, 0.1) is 22.4 Å². The number of pyridine rings is 1. The first-order valence-corrected chi connectivity index (χ1v) is 15.8. The topological polar surface area (TPSA) is 128 Å². The molecular weight excluding hydrogens is 589 g/mol. The van der Waals surface area contributed by atoms with Crippen molar-refractivity contribution in [2.24, 2.45) is 5.92 Å². The van der Waals surface area contributed by atoms with Gasteiger partial charge in [-0.05, 0) is 80.5 Å². The van der Waals surface area contributed by atoms with Gasteiger partial charge < -0.3 is 20.3 Å². The normalized spacial score (nSPS) is 17.9. The second-order valence-corrected chi connectivity index (χ2v) is 12.5. The van der Waals surface area contributed by atoms with Crippen LogP contribution < -0.4 is 20.3 Å². The molecule has 0 bridgehead atoms. The number of ether oxygens (including phenoxy) is 1. The number of hydrogen-bond donors (Lipinski definition) is 2. The van der Waals surface area contributed by atoms with Gasteiger partial charge in [-0.1, -0.05) is 24.3 Å². The minimum atomic E-state index is -0.386. The number of rotatable bonds is 7. The molecule has 1 aliphatic carbocycles. The van der Waals surface area contributed by atoms with Crippen molar-refractivity contribution in [3.8, 4) is 17.6 Å². The summed E-state index contributed by atoms with van der Waals surface area (Å²) in [5.74, 6) is 1.07. The van der Waals surface area contributed by atoms with Crippen molar-refractivity contribution in [1.29, 1.82) is 5.26 Å². The van der Waals surface area contributed by atoms with E-state index in [0.717, 1.165) is 24.2 Å². The number of hydrogen-bond acceptors (Lipinski definition) is 7. The summed E-state index contributed by atoms with van der Waals surface area (Å²) in [4.78, 5) is 49.1. The summed E-state index contributed by atoms with van der Waals surface area (Å²) in [7, 11) is 0. The highest BCUT2D eigenvalue weighted by Gasteiger charge is 2.35. The highest BCUT2D eigenvalue weighted by molar-refractivity contribution is 7.21. The van der Waals surface area contributed by atoms with Crippen LogP contribution in [0, 0.1) is 24.2 Å². The van der Waals surface area contributed by atoms with Crippen LogP contribution in [0.15, 0.2) is 72.4 Å². The van der Waals surface area contributed by atoms with Crippen LogP contribution in [0.25, 0.3) is 10.2 Å². The lowest BCUT2D eigenvalue weighted by molar-refractivity contribution is -0.128. The fourth-order valence-electron chi connectivity index (χ4n) is 5.91. The van der Waals surface area contributed by atoms with Gasteiger partial charge >= 0.3 is 6.03 Å². The number of aromatic nitrogens is 1. The van der Waals surface area contributed by atoms with E-state index in [-0.39, 0.29) is 29.5 Å². The average Bonchev–Trinajstić information content (AvgIpc) is 3.80. The van der Waals surface area contributed by atoms with E-state index >= 15 is 0 Å². The molecule has 226 valence electrons. The SMILES string of the molecule is Cc1cc(Oc2ccccc2)ccc1N1C(=O)Nc2c(C(=O)N[C@@H]3CCCN(C(=O)/C(C#N)=[13CH]/C4CC4)C3)sc3nccc1c23. The Bertz CT molecular complexity index is 1910. The van der Waals surface area contributed by atoms with Crippen LogP contribution >= 0.6 is 11.3 Å². The Morgan fingerprint density at radius 2 is 1.93 bits per heavy atom. The van der Waals surface area contributed by atoms with Crippen LogP contribution in [-0.4, -0.2) is 46.9 Å². The number of carbonyl (C=O) groups excluding carboxylic acids is 3. The van der Waals surface area contributed by atoms with E-state index in [4.69, 9.17) is 4.74 Å². The predicted molar refractivity (Wildman–Crippen MR) is 172 cm³/mol. The summed E-state index contributed by atoms with van der Waals surface area (Å²) >= 11 is 1.22. The summed E-state index contributed by atoms with van der Waals surface area (Å²) in [6.07, 6.45) is 6.85. The lowest BCUT2D eigenvalue weighted by Gasteiger charge is -2.33. The predicted octanol–water partition coefficient (Wildman–Crippen LogP) is 6.66. The summed E-state index contributed by atoms with van der Waals surface area (Å²) in [6.45, 7) is 2.78. The molecule has 2 aromatic carbocycles. The van der Waals surface area contributed by atoms with Gasteiger partial charge in [0.2, 0.25) is 0 Å². The molecule has 4 amide bonds. The molecule has 2 fully saturated rings. The standard InChI is InChI=1S/C34H30N6O4S/c1-20-16-25(44-24-7-3-2-4-8-24)11-12-26(20)40-27-13-14-36-32-28(27)29(38-34(40)43)30(45-32)31(41)37-23-6-5-15-39(19-23)33(42)22(18-35)17-21-9-10-21/h2-4,7-8,11-14,16-17,21,23H,5-6,9-10,15,19H2,1H3,(H,37,41)(H,38,43)/b22-17+/t23-/m1/s1/i17+1. The number of urea groups is 1. The zero-order valence-corrected chi connectivity index (χ0v) is 25.4. The van der Waals surface area contributed by atoms with Crippen molar-refractivity contribution < 1.29 is 19.1 Å². The largest absolute Gasteiger partial charge is 0.457 e. The van der Waals surface area contributed by atoms with Gasteiger partial charge in [-0.15, -0.1) is 11.3 Å². The molecule has 2 aromatic heterocycles. The van der Waals surface area contributed by atoms with E-state index in [9.17, 15) is 19.6 Å². The van der Waals surface area contributed by atoms with Gasteiger partial charge in [0.1, 0.15) is 32.8 Å². The van der Waals surface area contributed by atoms with Crippen molar-refractivity contribution in [2.45, 2.75) is 38.6 Å². The monoisotopic (exact) mass is 619 g/mol. The molecule has 0 spiro atoms. The number of allylic oxidation sites excluding steroid dienone is 1. The zero-order valence-electron chi connectivity index (χ0n) is 24.6. The Kier molecular flexibility index (Phi) is 7.43. The maximum atomic E-state index is 13.6. The molecule has 1 atom stereocenters. The van der Waals surface area contributed by atoms with E-state index < -0.39 is 0 Å². The second-order valence-electron chi connectivity index (χ2n) is 11.5. The molecular formula is C34H30N6O4S. The number of thiophene rings is 1. The van der Waals surface area contributed by atoms with E-state index in [0.29, 0.717) is 69.8 Å². The van der Waals surface area contributed by atoms with Crippen molar-refractivity contribution >= 4 is 56.5 Å². The number of likely N-dealkylation sites (tertiary alicyclic amines) is 1. The number of nitriles is 1. The molecule has 3 aliphatic rings. The van der Waals surface area contributed by atoms with Crippen LogP contribution in [-0.2, 0) is 4.79 Å². The van der Waals surface area contributed by atoms with Crippen molar-refractivity contribution in [3.05, 3.63) is 82.9 Å². The molecule has 11 heteroatoms. The number of aryl methyl sites for hydroxylation is 1. The third kappa shape index (κ3) is 5.60. The van der Waals surface area contributed by atoms with Gasteiger partial charge in [-0.25, -0.2) is 9.78 Å². The third-order valence-corrected chi connectivity index (χ3v) is 9.36. The zero-order chi connectivity index (χ0) is 31.1. The number of anilines is 3. The molecule has 0 radical (unpaired) electrons. The second kappa shape index (κ2) is 11.7. The van der Waals surface area contributed by atoms with Crippen LogP contribution in [0.4, 0.5) is 21.9 Å². The maximum absolute atomic E-state index is 13.6. The Morgan fingerprint density at radius 3 is 2.69 bits per heavy atom. The molecule has 7 rings (SSSR count). The first-order chi connectivity index (χ1) is 21.9.